The summed E-state index contributed by atoms with van der Waals surface area (Å²) in [4.78, 5) is 27.3. The van der Waals surface area contributed by atoms with Crippen LogP contribution in [0.2, 0.25) is 0 Å². The molecule has 0 saturated carbocycles. The molecule has 0 spiro atoms. The van der Waals surface area contributed by atoms with E-state index in [0.717, 1.165) is 36.1 Å². The third kappa shape index (κ3) is 3.13. The number of pyridine rings is 1. The number of hydrogen-bond acceptors (Lipinski definition) is 5. The van der Waals surface area contributed by atoms with E-state index in [1.54, 1.807) is 6.20 Å². The number of aromatic nitrogens is 3. The first kappa shape index (κ1) is 14.6. The summed E-state index contributed by atoms with van der Waals surface area (Å²) in [6.07, 6.45) is 2.96. The molecule has 5 nitrogen and oxygen atoms in total. The third-order valence-corrected chi connectivity index (χ3v) is 3.82. The van der Waals surface area contributed by atoms with Crippen molar-refractivity contribution in [2.45, 2.75) is 32.6 Å². The van der Waals surface area contributed by atoms with Crippen LogP contribution in [-0.2, 0) is 4.79 Å². The Morgan fingerprint density at radius 2 is 1.86 bits per heavy atom. The number of hydrogen-bond donors (Lipinski definition) is 0. The molecule has 3 rings (SSSR count). The van der Waals surface area contributed by atoms with Gasteiger partial charge in [-0.05, 0) is 12.1 Å². The predicted octanol–water partition coefficient (Wildman–Crippen LogP) is 2.83. The third-order valence-electron chi connectivity index (χ3n) is 3.82. The van der Waals surface area contributed by atoms with Crippen molar-refractivity contribution in [3.05, 3.63) is 36.3 Å². The zero-order valence-electron chi connectivity index (χ0n) is 13.0. The van der Waals surface area contributed by atoms with Crippen molar-refractivity contribution in [3.8, 4) is 11.4 Å². The van der Waals surface area contributed by atoms with Crippen LogP contribution in [0, 0.1) is 0 Å². The minimum atomic E-state index is 0.244. The molecular formula is C17H20N4O. The summed E-state index contributed by atoms with van der Waals surface area (Å²) in [7, 11) is 0. The molecule has 0 unspecified atom stereocenters. The van der Waals surface area contributed by atoms with E-state index in [2.05, 4.69) is 33.7 Å². The van der Waals surface area contributed by atoms with Gasteiger partial charge in [0.25, 0.3) is 0 Å². The summed E-state index contributed by atoms with van der Waals surface area (Å²) in [6, 6.07) is 7.78. The molecule has 2 aromatic heterocycles. The van der Waals surface area contributed by atoms with Crippen LogP contribution in [0.15, 0.2) is 30.5 Å². The van der Waals surface area contributed by atoms with Crippen LogP contribution in [0.4, 0.5) is 5.82 Å². The minimum absolute atomic E-state index is 0.244. The fourth-order valence-corrected chi connectivity index (χ4v) is 2.50. The number of rotatable bonds is 3. The Kier molecular flexibility index (Phi) is 4.13. The van der Waals surface area contributed by atoms with Crippen molar-refractivity contribution >= 4 is 11.6 Å². The highest BCUT2D eigenvalue weighted by Crippen LogP contribution is 2.24. The molecule has 0 radical (unpaired) electrons. The summed E-state index contributed by atoms with van der Waals surface area (Å²) in [5, 5.41) is 0. The lowest BCUT2D eigenvalue weighted by molar-refractivity contribution is -0.119. The average Bonchev–Trinajstić information content (AvgIpc) is 2.56. The van der Waals surface area contributed by atoms with E-state index in [9.17, 15) is 4.79 Å². The molecule has 3 heterocycles. The number of ketones is 1. The highest BCUT2D eigenvalue weighted by Gasteiger charge is 2.20. The lowest BCUT2D eigenvalue weighted by atomic mass is 10.1. The molecule has 2 aromatic rings. The van der Waals surface area contributed by atoms with Crippen LogP contribution in [-0.4, -0.2) is 33.8 Å². The molecule has 0 aliphatic carbocycles. The van der Waals surface area contributed by atoms with Crippen molar-refractivity contribution in [1.82, 2.24) is 15.0 Å². The van der Waals surface area contributed by atoms with Gasteiger partial charge >= 0.3 is 0 Å². The van der Waals surface area contributed by atoms with E-state index < -0.39 is 0 Å². The topological polar surface area (TPSA) is 59.0 Å². The lowest BCUT2D eigenvalue weighted by Gasteiger charge is -2.27. The van der Waals surface area contributed by atoms with Crippen LogP contribution in [0.25, 0.3) is 11.4 Å². The highest BCUT2D eigenvalue weighted by molar-refractivity contribution is 5.81. The second-order valence-corrected chi connectivity index (χ2v) is 5.86. The Hall–Kier alpha value is -2.30. The molecule has 22 heavy (non-hydrogen) atoms. The Balaban J connectivity index is 1.99. The number of piperidine rings is 1. The van der Waals surface area contributed by atoms with Crippen LogP contribution < -0.4 is 4.90 Å². The molecular weight excluding hydrogens is 276 g/mol. The zero-order valence-corrected chi connectivity index (χ0v) is 13.0. The van der Waals surface area contributed by atoms with Gasteiger partial charge in [0.1, 0.15) is 17.4 Å². The minimum Gasteiger partial charge on any atom is -0.356 e. The number of Topliss-reactive ketones (excluding diaryl/α,β-unsaturated/α-hetero) is 1. The summed E-state index contributed by atoms with van der Waals surface area (Å²) >= 11 is 0. The van der Waals surface area contributed by atoms with Gasteiger partial charge in [-0.2, -0.15) is 0 Å². The molecule has 1 saturated heterocycles. The molecule has 1 fully saturated rings. The molecule has 1 aliphatic heterocycles. The first-order valence-electron chi connectivity index (χ1n) is 7.70. The van der Waals surface area contributed by atoms with Gasteiger partial charge in [0.05, 0.1) is 11.4 Å². The number of nitrogens with zero attached hydrogens (tertiary/aromatic N) is 4. The average molecular weight is 296 g/mol. The van der Waals surface area contributed by atoms with E-state index in [4.69, 9.17) is 0 Å². The maximum Gasteiger partial charge on any atom is 0.136 e. The van der Waals surface area contributed by atoms with Gasteiger partial charge in [0.15, 0.2) is 0 Å². The van der Waals surface area contributed by atoms with Gasteiger partial charge in [-0.25, -0.2) is 9.97 Å². The standard InChI is InChI=1S/C17H20N4O/c1-12(2)17-19-15(14-5-3-4-8-18-14)11-16(20-17)21-9-6-13(22)7-10-21/h3-5,8,11-12H,6-7,9-10H2,1-2H3. The Morgan fingerprint density at radius 3 is 2.50 bits per heavy atom. The number of anilines is 1. The first-order valence-corrected chi connectivity index (χ1v) is 7.70. The molecule has 0 bridgehead atoms. The number of carbonyl (C=O) groups is 1. The van der Waals surface area contributed by atoms with Crippen molar-refractivity contribution in [3.63, 3.8) is 0 Å². The highest BCUT2D eigenvalue weighted by atomic mass is 16.1. The van der Waals surface area contributed by atoms with Gasteiger partial charge < -0.3 is 4.90 Å². The molecule has 5 heteroatoms. The fraction of sp³-hybridized carbons (Fsp3) is 0.412. The van der Waals surface area contributed by atoms with Crippen LogP contribution in [0.1, 0.15) is 38.4 Å². The molecule has 0 atom stereocenters. The van der Waals surface area contributed by atoms with E-state index in [0.29, 0.717) is 18.6 Å². The van der Waals surface area contributed by atoms with Crippen LogP contribution in [0.5, 0.6) is 0 Å². The maximum absolute atomic E-state index is 11.4. The van der Waals surface area contributed by atoms with Crippen molar-refractivity contribution in [1.29, 1.82) is 0 Å². The quantitative estimate of drug-likeness (QED) is 0.871. The van der Waals surface area contributed by atoms with E-state index in [1.807, 2.05) is 24.3 Å². The number of carbonyl (C=O) groups excluding carboxylic acids is 1. The first-order chi connectivity index (χ1) is 10.6. The van der Waals surface area contributed by atoms with Crippen LogP contribution >= 0.6 is 0 Å². The second-order valence-electron chi connectivity index (χ2n) is 5.86. The summed E-state index contributed by atoms with van der Waals surface area (Å²) in [5.74, 6) is 2.29. The summed E-state index contributed by atoms with van der Waals surface area (Å²) < 4.78 is 0. The Morgan fingerprint density at radius 1 is 1.09 bits per heavy atom. The smallest absolute Gasteiger partial charge is 0.136 e. The summed E-state index contributed by atoms with van der Waals surface area (Å²) in [5.41, 5.74) is 1.69. The Bertz CT molecular complexity index is 660. The molecule has 0 aromatic carbocycles. The summed E-state index contributed by atoms with van der Waals surface area (Å²) in [6.45, 7) is 5.63. The molecule has 0 amide bonds. The molecule has 0 N–H and O–H groups in total. The SMILES string of the molecule is CC(C)c1nc(-c2ccccn2)cc(N2CCC(=O)CC2)n1. The lowest BCUT2D eigenvalue weighted by Crippen LogP contribution is -2.34. The van der Waals surface area contributed by atoms with E-state index in [-0.39, 0.29) is 5.92 Å². The monoisotopic (exact) mass is 296 g/mol. The van der Waals surface area contributed by atoms with Gasteiger partial charge in [-0.1, -0.05) is 19.9 Å². The van der Waals surface area contributed by atoms with E-state index in [1.165, 1.54) is 0 Å². The van der Waals surface area contributed by atoms with E-state index >= 15 is 0 Å². The van der Waals surface area contributed by atoms with Crippen molar-refractivity contribution < 1.29 is 4.79 Å². The van der Waals surface area contributed by atoms with Gasteiger partial charge in [-0.3, -0.25) is 9.78 Å². The fourth-order valence-electron chi connectivity index (χ4n) is 2.50. The maximum atomic E-state index is 11.4. The van der Waals surface area contributed by atoms with Gasteiger partial charge in [0, 0.05) is 44.1 Å². The van der Waals surface area contributed by atoms with Crippen molar-refractivity contribution in [2.24, 2.45) is 0 Å². The van der Waals surface area contributed by atoms with Gasteiger partial charge in [0.2, 0.25) is 0 Å². The second kappa shape index (κ2) is 6.22. The Labute approximate surface area is 130 Å². The van der Waals surface area contributed by atoms with Gasteiger partial charge in [-0.15, -0.1) is 0 Å². The molecule has 114 valence electrons. The van der Waals surface area contributed by atoms with Crippen molar-refractivity contribution in [2.75, 3.05) is 18.0 Å². The zero-order chi connectivity index (χ0) is 15.5. The molecule has 1 aliphatic rings. The largest absolute Gasteiger partial charge is 0.356 e. The van der Waals surface area contributed by atoms with Crippen LogP contribution in [0.3, 0.4) is 0 Å². The normalized spacial score (nSPS) is 15.4. The predicted molar refractivity (Wildman–Crippen MR) is 85.8 cm³/mol.